The van der Waals surface area contributed by atoms with Gasteiger partial charge in [-0.3, -0.25) is 0 Å². The summed E-state index contributed by atoms with van der Waals surface area (Å²) in [5.74, 6) is 0. The molecule has 5 fully saturated rings. The topological polar surface area (TPSA) is 29.5 Å². The normalized spacial score (nSPS) is 53.8. The number of fused-ring (bicyclic) bond motifs is 2. The molecule has 0 aromatic rings. The summed E-state index contributed by atoms with van der Waals surface area (Å²) in [4.78, 5) is 0. The molecule has 5 rings (SSSR count). The fraction of sp³-hybridized carbons (Fsp3) is 1.00. The molecule has 0 aromatic heterocycles. The quantitative estimate of drug-likeness (QED) is 0.657. The Balaban J connectivity index is 1.65. The van der Waals surface area contributed by atoms with E-state index in [0.29, 0.717) is 10.8 Å². The summed E-state index contributed by atoms with van der Waals surface area (Å²) >= 11 is 0. The monoisotopic (exact) mass is 206 g/mol. The Hall–Kier alpha value is -0.0800. The highest BCUT2D eigenvalue weighted by Crippen LogP contribution is 2.86. The number of hydrogen-bond donors (Lipinski definition) is 1. The van der Waals surface area contributed by atoms with E-state index < -0.39 is 0 Å². The Morgan fingerprint density at radius 1 is 1.00 bits per heavy atom. The van der Waals surface area contributed by atoms with Gasteiger partial charge in [0.05, 0.1) is 11.7 Å². The van der Waals surface area contributed by atoms with Gasteiger partial charge in [0.2, 0.25) is 0 Å². The van der Waals surface area contributed by atoms with Crippen molar-refractivity contribution in [2.45, 2.75) is 68.7 Å². The van der Waals surface area contributed by atoms with Crippen molar-refractivity contribution in [2.24, 2.45) is 10.8 Å². The molecule has 5 aliphatic rings. The van der Waals surface area contributed by atoms with Crippen LogP contribution in [0.4, 0.5) is 0 Å². The van der Waals surface area contributed by atoms with Crippen molar-refractivity contribution >= 4 is 0 Å². The van der Waals surface area contributed by atoms with Gasteiger partial charge in [-0.05, 0) is 50.4 Å². The third-order valence-corrected chi connectivity index (χ3v) is 6.17. The maximum absolute atomic E-state index is 10.0. The van der Waals surface area contributed by atoms with E-state index in [4.69, 9.17) is 4.74 Å². The molecule has 0 aromatic carbocycles. The van der Waals surface area contributed by atoms with Crippen LogP contribution >= 0.6 is 0 Å². The van der Waals surface area contributed by atoms with Gasteiger partial charge in [0.1, 0.15) is 5.60 Å². The van der Waals surface area contributed by atoms with Crippen LogP contribution in [-0.4, -0.2) is 22.4 Å². The minimum Gasteiger partial charge on any atom is -0.390 e. The van der Waals surface area contributed by atoms with Crippen molar-refractivity contribution in [3.05, 3.63) is 0 Å². The zero-order chi connectivity index (χ0) is 9.94. The maximum atomic E-state index is 10.0. The number of aliphatic hydroxyl groups excluding tert-OH is 1. The van der Waals surface area contributed by atoms with Crippen LogP contribution in [0.3, 0.4) is 0 Å². The molecule has 2 atom stereocenters. The summed E-state index contributed by atoms with van der Waals surface area (Å²) in [5, 5.41) is 10.0. The van der Waals surface area contributed by atoms with Gasteiger partial charge >= 0.3 is 0 Å². The van der Waals surface area contributed by atoms with Crippen LogP contribution in [0.2, 0.25) is 0 Å². The highest BCUT2D eigenvalue weighted by Gasteiger charge is 2.86. The zero-order valence-electron chi connectivity index (χ0n) is 9.09. The van der Waals surface area contributed by atoms with E-state index in [-0.39, 0.29) is 17.3 Å². The molecule has 15 heavy (non-hydrogen) atoms. The van der Waals surface area contributed by atoms with Gasteiger partial charge < -0.3 is 9.84 Å². The number of aliphatic hydroxyl groups is 1. The predicted molar refractivity (Wildman–Crippen MR) is 54.4 cm³/mol. The Labute approximate surface area is 90.0 Å². The van der Waals surface area contributed by atoms with Crippen LogP contribution in [0, 0.1) is 10.8 Å². The van der Waals surface area contributed by atoms with E-state index >= 15 is 0 Å². The van der Waals surface area contributed by atoms with Gasteiger partial charge in [-0.25, -0.2) is 0 Å². The molecule has 82 valence electrons. The van der Waals surface area contributed by atoms with E-state index in [9.17, 15) is 5.11 Å². The molecule has 2 heteroatoms. The van der Waals surface area contributed by atoms with Crippen molar-refractivity contribution in [3.63, 3.8) is 0 Å². The van der Waals surface area contributed by atoms with Crippen LogP contribution in [0.15, 0.2) is 0 Å². The van der Waals surface area contributed by atoms with Crippen molar-refractivity contribution in [1.82, 2.24) is 0 Å². The molecule has 1 aliphatic heterocycles. The summed E-state index contributed by atoms with van der Waals surface area (Å²) in [5.41, 5.74) is 1.24. The third-order valence-electron chi connectivity index (χ3n) is 6.17. The lowest BCUT2D eigenvalue weighted by molar-refractivity contribution is -0.177. The first kappa shape index (κ1) is 8.08. The van der Waals surface area contributed by atoms with Crippen molar-refractivity contribution in [1.29, 1.82) is 0 Å². The Morgan fingerprint density at radius 3 is 2.07 bits per heavy atom. The Kier molecular flexibility index (Phi) is 0.970. The minimum absolute atomic E-state index is 0.0573. The molecule has 2 unspecified atom stereocenters. The maximum Gasteiger partial charge on any atom is 0.103 e. The van der Waals surface area contributed by atoms with Gasteiger partial charge in [-0.1, -0.05) is 0 Å². The van der Waals surface area contributed by atoms with E-state index in [1.165, 1.54) is 44.9 Å². The largest absolute Gasteiger partial charge is 0.390 e. The first-order chi connectivity index (χ1) is 7.16. The molecule has 0 radical (unpaired) electrons. The fourth-order valence-electron chi connectivity index (χ4n) is 4.91. The first-order valence-electron chi connectivity index (χ1n) is 6.55. The summed E-state index contributed by atoms with van der Waals surface area (Å²) in [6.45, 7) is 0. The van der Waals surface area contributed by atoms with Crippen LogP contribution in [0.5, 0.6) is 0 Å². The van der Waals surface area contributed by atoms with E-state index in [2.05, 4.69) is 0 Å². The molecule has 1 saturated heterocycles. The standard InChI is InChI=1S/C13H18O2/c14-9-7-13(9)12(5-6-12)10(1-2-10)8-11(15-13)3-4-11/h9,14H,1-8H2. The van der Waals surface area contributed by atoms with E-state index in [1.807, 2.05) is 0 Å². The lowest BCUT2D eigenvalue weighted by Gasteiger charge is -2.45. The SMILES string of the molecule is OC1CC12OC1(CC1)CC1(CC1)C21CC1. The molecule has 0 bridgehead atoms. The molecule has 4 aliphatic carbocycles. The van der Waals surface area contributed by atoms with Crippen LogP contribution in [0.25, 0.3) is 0 Å². The molecule has 4 spiro atoms. The molecule has 0 amide bonds. The van der Waals surface area contributed by atoms with Gasteiger partial charge in [-0.15, -0.1) is 0 Å². The van der Waals surface area contributed by atoms with Crippen molar-refractivity contribution in [3.8, 4) is 0 Å². The van der Waals surface area contributed by atoms with Gasteiger partial charge in [0, 0.05) is 11.8 Å². The van der Waals surface area contributed by atoms with Gasteiger partial charge in [0.15, 0.2) is 0 Å². The highest BCUT2D eigenvalue weighted by atomic mass is 16.6. The highest BCUT2D eigenvalue weighted by molar-refractivity contribution is 5.35. The van der Waals surface area contributed by atoms with Gasteiger partial charge in [-0.2, -0.15) is 0 Å². The molecule has 1 N–H and O–H groups in total. The first-order valence-corrected chi connectivity index (χ1v) is 6.55. The molecule has 4 saturated carbocycles. The summed E-state index contributed by atoms with van der Waals surface area (Å²) in [6.07, 6.45) is 10.2. The van der Waals surface area contributed by atoms with Crippen molar-refractivity contribution < 1.29 is 9.84 Å². The Morgan fingerprint density at radius 2 is 1.67 bits per heavy atom. The fourth-order valence-corrected chi connectivity index (χ4v) is 4.91. The van der Waals surface area contributed by atoms with Crippen LogP contribution in [0.1, 0.15) is 51.4 Å². The van der Waals surface area contributed by atoms with Gasteiger partial charge in [0.25, 0.3) is 0 Å². The Bertz CT molecular complexity index is 363. The minimum atomic E-state index is -0.129. The molecular formula is C13H18O2. The van der Waals surface area contributed by atoms with Crippen LogP contribution < -0.4 is 0 Å². The molecule has 1 heterocycles. The number of ether oxygens (including phenoxy) is 1. The smallest absolute Gasteiger partial charge is 0.103 e. The van der Waals surface area contributed by atoms with E-state index in [1.54, 1.807) is 0 Å². The molecule has 2 nitrogen and oxygen atoms in total. The summed E-state index contributed by atoms with van der Waals surface area (Å²) in [6, 6.07) is 0. The average molecular weight is 206 g/mol. The lowest BCUT2D eigenvalue weighted by Crippen LogP contribution is -2.49. The summed E-state index contributed by atoms with van der Waals surface area (Å²) < 4.78 is 6.40. The second kappa shape index (κ2) is 1.80. The summed E-state index contributed by atoms with van der Waals surface area (Å²) in [7, 11) is 0. The van der Waals surface area contributed by atoms with E-state index in [0.717, 1.165) is 6.42 Å². The number of hydrogen-bond acceptors (Lipinski definition) is 2. The molecular weight excluding hydrogens is 188 g/mol. The predicted octanol–water partition coefficient (Wildman–Crippen LogP) is 2.00. The van der Waals surface area contributed by atoms with Crippen molar-refractivity contribution in [2.75, 3.05) is 0 Å². The number of rotatable bonds is 0. The van der Waals surface area contributed by atoms with Crippen LogP contribution in [-0.2, 0) is 4.74 Å². The third kappa shape index (κ3) is 0.680. The second-order valence-corrected chi connectivity index (χ2v) is 6.93. The average Bonchev–Trinajstić information content (AvgIpc) is 2.90. The lowest BCUT2D eigenvalue weighted by atomic mass is 9.72. The zero-order valence-corrected chi connectivity index (χ0v) is 9.09. The second-order valence-electron chi connectivity index (χ2n) is 6.93.